The Morgan fingerprint density at radius 2 is 1.20 bits per heavy atom. The van der Waals surface area contributed by atoms with Gasteiger partial charge in [-0.05, 0) is 48.3 Å². The Kier molecular flexibility index (Phi) is 12.3. The molecule has 9 nitrogen and oxygen atoms in total. The van der Waals surface area contributed by atoms with Crippen molar-refractivity contribution in [3.05, 3.63) is 102 Å². The molecule has 0 aromatic heterocycles. The molecule has 3 aromatic carbocycles. The number of hydrogen-bond acceptors (Lipinski definition) is 6. The van der Waals surface area contributed by atoms with Crippen LogP contribution in [0.25, 0.3) is 0 Å². The van der Waals surface area contributed by atoms with Crippen LogP contribution in [0.1, 0.15) is 56.7 Å². The van der Waals surface area contributed by atoms with E-state index in [2.05, 4.69) is 98.5 Å². The predicted octanol–water partition coefficient (Wildman–Crippen LogP) is 5.98. The van der Waals surface area contributed by atoms with Crippen LogP contribution in [0.4, 0.5) is 0 Å². The Balaban J connectivity index is 0.000000376. The second kappa shape index (κ2) is 15.3. The Bertz CT molecular complexity index is 1450. The largest absolute Gasteiger partial charge is 0.492 e. The minimum atomic E-state index is -2.74. The monoisotopic (exact) mass is 673 g/mol. The number of carbonyl (C=O) groups is 3. The molecule has 2 atom stereocenters. The first-order chi connectivity index (χ1) is 21.8. The average Bonchev–Trinajstić information content (AvgIpc) is 3.50. The molecule has 2 unspecified atom stereocenters. The van der Waals surface area contributed by atoms with E-state index in [1.165, 1.54) is 5.56 Å². The van der Waals surface area contributed by atoms with E-state index in [4.69, 9.17) is 48.4 Å². The Morgan fingerprint density at radius 1 is 0.739 bits per heavy atom. The summed E-state index contributed by atoms with van der Waals surface area (Å²) in [6.45, 7) is 10.2. The highest BCUT2D eigenvalue weighted by molar-refractivity contribution is 6.54. The molecule has 4 N–H and O–H groups in total. The molecule has 11 heteroatoms. The van der Waals surface area contributed by atoms with Crippen molar-refractivity contribution in [2.45, 2.75) is 60.8 Å². The van der Waals surface area contributed by atoms with Gasteiger partial charge >= 0.3 is 17.9 Å². The van der Waals surface area contributed by atoms with Crippen molar-refractivity contribution in [3.63, 3.8) is 0 Å². The molecule has 1 saturated carbocycles. The van der Waals surface area contributed by atoms with Crippen molar-refractivity contribution < 1.29 is 39.5 Å². The van der Waals surface area contributed by atoms with Crippen LogP contribution in [0.5, 0.6) is 5.75 Å². The first kappa shape index (κ1) is 36.8. The topological polar surface area (TPSA) is 145 Å². The Labute approximate surface area is 279 Å². The zero-order valence-electron chi connectivity index (χ0n) is 26.2. The fourth-order valence-electron chi connectivity index (χ4n) is 6.41. The fourth-order valence-corrected chi connectivity index (χ4v) is 7.85. The molecule has 0 spiro atoms. The van der Waals surface area contributed by atoms with E-state index in [1.807, 2.05) is 12.1 Å². The summed E-state index contributed by atoms with van der Waals surface area (Å²) in [6.07, 6.45) is -1.47. The molecule has 0 bridgehead atoms. The summed E-state index contributed by atoms with van der Waals surface area (Å²) in [7, 11) is 0. The van der Waals surface area contributed by atoms with E-state index >= 15 is 0 Å². The van der Waals surface area contributed by atoms with Gasteiger partial charge in [-0.3, -0.25) is 9.59 Å². The van der Waals surface area contributed by atoms with Gasteiger partial charge in [0.15, 0.2) is 5.60 Å². The van der Waals surface area contributed by atoms with Crippen LogP contribution in [0.15, 0.2) is 84.9 Å². The Hall–Kier alpha value is -3.63. The number of rotatable bonds is 15. The van der Waals surface area contributed by atoms with Gasteiger partial charge in [-0.1, -0.05) is 117 Å². The number of ether oxygens (including phenoxy) is 1. The summed E-state index contributed by atoms with van der Waals surface area (Å²) in [4.78, 5) is 32.8. The summed E-state index contributed by atoms with van der Waals surface area (Å²) < 4.78 is 5.06. The second-order valence-electron chi connectivity index (χ2n) is 11.2. The first-order valence-electron chi connectivity index (χ1n) is 15.1. The number of benzene rings is 3. The van der Waals surface area contributed by atoms with Crippen molar-refractivity contribution >= 4 is 41.1 Å². The standard InChI is InChI=1S/C29H33Cl2NO.C6H8O7/c1-4-27(23-13-9-7-10-14-23)28(29(27,30)31,24-15-11-8-12-16-24)25-17-19-26(20-18-25)33-22-21-32(5-2)6-3;7-3(8)1-6(13,5(11)12)2-4(9)10/h7-20H,4-6,21-22H2,1-3H3;13H,1-2H2,(H,7,8)(H,9,10)(H,11,12). The van der Waals surface area contributed by atoms with Crippen molar-refractivity contribution in [2.24, 2.45) is 0 Å². The van der Waals surface area contributed by atoms with E-state index in [0.717, 1.165) is 42.9 Å². The number of aliphatic carboxylic acids is 3. The number of likely N-dealkylation sites (N-methyl/N-ethyl adjacent to an activating group) is 1. The lowest BCUT2D eigenvalue weighted by Crippen LogP contribution is -2.42. The smallest absolute Gasteiger partial charge is 0.336 e. The van der Waals surface area contributed by atoms with Crippen LogP contribution in [-0.2, 0) is 25.2 Å². The average molecular weight is 675 g/mol. The lowest BCUT2D eigenvalue weighted by atomic mass is 9.76. The van der Waals surface area contributed by atoms with Crippen molar-refractivity contribution in [1.82, 2.24) is 4.90 Å². The third-order valence-corrected chi connectivity index (χ3v) is 9.94. The summed E-state index contributed by atoms with van der Waals surface area (Å²) in [5, 5.41) is 33.8. The maximum atomic E-state index is 10.3. The molecule has 248 valence electrons. The van der Waals surface area contributed by atoms with Crippen molar-refractivity contribution in [2.75, 3.05) is 26.2 Å². The number of carboxylic acids is 3. The summed E-state index contributed by atoms with van der Waals surface area (Å²) in [6, 6.07) is 29.3. The van der Waals surface area contributed by atoms with Gasteiger partial charge in [0.25, 0.3) is 0 Å². The van der Waals surface area contributed by atoms with E-state index in [-0.39, 0.29) is 0 Å². The van der Waals surface area contributed by atoms with Crippen LogP contribution < -0.4 is 4.74 Å². The molecule has 1 aliphatic carbocycles. The van der Waals surface area contributed by atoms with Crippen LogP contribution in [0.2, 0.25) is 0 Å². The SMILES string of the molecule is CCN(CC)CCOc1ccc(C2(c3ccccc3)C(Cl)(Cl)C2(CC)c2ccccc2)cc1.O=C(O)CC(O)(CC(=O)O)C(=O)O. The van der Waals surface area contributed by atoms with Gasteiger partial charge in [0.2, 0.25) is 0 Å². The van der Waals surface area contributed by atoms with Crippen LogP contribution in [0.3, 0.4) is 0 Å². The molecule has 3 aromatic rings. The molecule has 0 aliphatic heterocycles. The van der Waals surface area contributed by atoms with Gasteiger partial charge in [-0.25, -0.2) is 4.79 Å². The molecule has 46 heavy (non-hydrogen) atoms. The Morgan fingerprint density at radius 3 is 1.61 bits per heavy atom. The normalized spacial score (nSPS) is 19.9. The van der Waals surface area contributed by atoms with E-state index in [1.54, 1.807) is 0 Å². The van der Waals surface area contributed by atoms with E-state index < -0.39 is 51.5 Å². The van der Waals surface area contributed by atoms with Crippen molar-refractivity contribution in [1.29, 1.82) is 0 Å². The lowest BCUT2D eigenvalue weighted by molar-refractivity contribution is -0.170. The molecular formula is C35H41Cl2NO8. The minimum absolute atomic E-state index is 0.434. The van der Waals surface area contributed by atoms with Crippen LogP contribution in [0, 0.1) is 0 Å². The molecule has 1 fully saturated rings. The quantitative estimate of drug-likeness (QED) is 0.143. The highest BCUT2D eigenvalue weighted by Crippen LogP contribution is 2.81. The second-order valence-corrected chi connectivity index (χ2v) is 12.5. The van der Waals surface area contributed by atoms with Gasteiger partial charge in [-0.15, -0.1) is 0 Å². The van der Waals surface area contributed by atoms with Gasteiger partial charge in [0.1, 0.15) is 16.7 Å². The number of aliphatic hydroxyl groups is 1. The third-order valence-electron chi connectivity index (χ3n) is 8.73. The fraction of sp³-hybridized carbons (Fsp3) is 0.400. The van der Waals surface area contributed by atoms with E-state index in [9.17, 15) is 14.4 Å². The van der Waals surface area contributed by atoms with Gasteiger partial charge in [0.05, 0.1) is 18.3 Å². The molecule has 1 aliphatic rings. The number of nitrogens with zero attached hydrogens (tertiary/aromatic N) is 1. The number of alkyl halides is 2. The summed E-state index contributed by atoms with van der Waals surface area (Å²) in [5.41, 5.74) is -0.313. The molecule has 0 radical (unpaired) electrons. The molecule has 0 saturated heterocycles. The maximum Gasteiger partial charge on any atom is 0.336 e. The third kappa shape index (κ3) is 7.03. The zero-order valence-corrected chi connectivity index (χ0v) is 27.7. The van der Waals surface area contributed by atoms with Crippen LogP contribution >= 0.6 is 23.2 Å². The predicted molar refractivity (Wildman–Crippen MR) is 177 cm³/mol. The van der Waals surface area contributed by atoms with Gasteiger partial charge in [-0.2, -0.15) is 0 Å². The van der Waals surface area contributed by atoms with Crippen molar-refractivity contribution in [3.8, 4) is 5.75 Å². The number of carboxylic acid groups (broad SMARTS) is 3. The highest BCUT2D eigenvalue weighted by atomic mass is 35.5. The number of halogens is 2. The van der Waals surface area contributed by atoms with Gasteiger partial charge in [0, 0.05) is 12.0 Å². The molecular weight excluding hydrogens is 633 g/mol. The summed E-state index contributed by atoms with van der Waals surface area (Å²) >= 11 is 14.6. The molecule has 0 amide bonds. The lowest BCUT2D eigenvalue weighted by Gasteiger charge is -2.26. The van der Waals surface area contributed by atoms with E-state index in [0.29, 0.717) is 6.61 Å². The summed E-state index contributed by atoms with van der Waals surface area (Å²) in [5.74, 6) is -4.15. The highest BCUT2D eigenvalue weighted by Gasteiger charge is 2.87. The van der Waals surface area contributed by atoms with Gasteiger partial charge < -0.3 is 30.1 Å². The molecule has 0 heterocycles. The first-order valence-corrected chi connectivity index (χ1v) is 15.9. The van der Waals surface area contributed by atoms with Crippen LogP contribution in [-0.4, -0.2) is 79.4 Å². The minimum Gasteiger partial charge on any atom is -0.492 e. The maximum absolute atomic E-state index is 10.3. The molecule has 4 rings (SSSR count). The zero-order chi connectivity index (χ0) is 34.2. The number of hydrogen-bond donors (Lipinski definition) is 4.